The molecule has 1 aliphatic heterocycles. The van der Waals surface area contributed by atoms with Gasteiger partial charge in [0.25, 0.3) is 0 Å². The summed E-state index contributed by atoms with van der Waals surface area (Å²) in [5.41, 5.74) is 0.375. The lowest BCUT2D eigenvalue weighted by Crippen LogP contribution is -2.51. The fraction of sp³-hybridized carbons (Fsp3) is 0.600. The molecule has 2 atom stereocenters. The second-order valence-corrected chi connectivity index (χ2v) is 5.50. The van der Waals surface area contributed by atoms with Crippen molar-refractivity contribution >= 4 is 12.0 Å². The van der Waals surface area contributed by atoms with Crippen LogP contribution in [-0.4, -0.2) is 49.3 Å². The van der Waals surface area contributed by atoms with Crippen LogP contribution in [0.2, 0.25) is 0 Å². The van der Waals surface area contributed by atoms with Crippen LogP contribution >= 0.6 is 0 Å². The molecular weight excluding hydrogens is 288 g/mol. The van der Waals surface area contributed by atoms with Crippen LogP contribution in [0.5, 0.6) is 0 Å². The number of esters is 1. The first-order valence-corrected chi connectivity index (χ1v) is 7.26. The number of urea groups is 1. The van der Waals surface area contributed by atoms with Gasteiger partial charge in [-0.15, -0.1) is 0 Å². The third-order valence-electron chi connectivity index (χ3n) is 3.49. The maximum Gasteiger partial charge on any atom is 0.341 e. The summed E-state index contributed by atoms with van der Waals surface area (Å²) in [4.78, 5) is 25.4. The summed E-state index contributed by atoms with van der Waals surface area (Å²) >= 11 is 0. The molecule has 0 saturated carbocycles. The highest BCUT2D eigenvalue weighted by atomic mass is 16.5. The fourth-order valence-corrected chi connectivity index (χ4v) is 2.56. The SMILES string of the molecule is COC(=O)c1cc(CNC(=O)N2CC(C)OC(C)C2)oc1C. The number of nitrogens with zero attached hydrogens (tertiary/aromatic N) is 1. The van der Waals surface area contributed by atoms with Crippen LogP contribution in [0.15, 0.2) is 10.5 Å². The maximum absolute atomic E-state index is 12.2. The van der Waals surface area contributed by atoms with Crippen molar-refractivity contribution in [1.82, 2.24) is 10.2 Å². The Morgan fingerprint density at radius 2 is 2.00 bits per heavy atom. The van der Waals surface area contributed by atoms with Gasteiger partial charge in [-0.3, -0.25) is 0 Å². The number of amides is 2. The number of morpholine rings is 1. The molecule has 1 aromatic rings. The summed E-state index contributed by atoms with van der Waals surface area (Å²) in [6, 6.07) is 1.42. The van der Waals surface area contributed by atoms with E-state index in [4.69, 9.17) is 9.15 Å². The predicted octanol–water partition coefficient (Wildman–Crippen LogP) is 1.69. The lowest BCUT2D eigenvalue weighted by atomic mass is 10.2. The number of methoxy groups -OCH3 is 1. The number of hydrogen-bond acceptors (Lipinski definition) is 5. The summed E-state index contributed by atoms with van der Waals surface area (Å²) in [7, 11) is 1.32. The van der Waals surface area contributed by atoms with Gasteiger partial charge in [0.15, 0.2) is 0 Å². The zero-order chi connectivity index (χ0) is 16.3. The Bertz CT molecular complexity index is 544. The Morgan fingerprint density at radius 1 is 1.36 bits per heavy atom. The van der Waals surface area contributed by atoms with E-state index < -0.39 is 5.97 Å². The van der Waals surface area contributed by atoms with Gasteiger partial charge in [-0.2, -0.15) is 0 Å². The van der Waals surface area contributed by atoms with Gasteiger partial charge in [-0.1, -0.05) is 0 Å². The summed E-state index contributed by atoms with van der Waals surface area (Å²) in [6.45, 7) is 6.89. The molecule has 22 heavy (non-hydrogen) atoms. The summed E-state index contributed by atoms with van der Waals surface area (Å²) in [5.74, 6) is 0.542. The molecule has 1 aromatic heterocycles. The van der Waals surface area contributed by atoms with Crippen LogP contribution in [0.3, 0.4) is 0 Å². The van der Waals surface area contributed by atoms with E-state index in [0.29, 0.717) is 30.2 Å². The lowest BCUT2D eigenvalue weighted by Gasteiger charge is -2.35. The highest BCUT2D eigenvalue weighted by Crippen LogP contribution is 2.16. The maximum atomic E-state index is 12.2. The number of rotatable bonds is 3. The number of carbonyl (C=O) groups excluding carboxylic acids is 2. The van der Waals surface area contributed by atoms with E-state index in [1.165, 1.54) is 7.11 Å². The van der Waals surface area contributed by atoms with E-state index in [2.05, 4.69) is 10.1 Å². The Balaban J connectivity index is 1.92. The molecule has 1 saturated heterocycles. The van der Waals surface area contributed by atoms with E-state index >= 15 is 0 Å². The number of ether oxygens (including phenoxy) is 2. The van der Waals surface area contributed by atoms with Crippen molar-refractivity contribution in [3.63, 3.8) is 0 Å². The first-order chi connectivity index (χ1) is 10.4. The molecule has 2 heterocycles. The van der Waals surface area contributed by atoms with Crippen LogP contribution in [-0.2, 0) is 16.0 Å². The highest BCUT2D eigenvalue weighted by molar-refractivity contribution is 5.90. The minimum atomic E-state index is -0.449. The zero-order valence-electron chi connectivity index (χ0n) is 13.3. The number of furan rings is 1. The largest absolute Gasteiger partial charge is 0.465 e. The third kappa shape index (κ3) is 3.79. The Morgan fingerprint density at radius 3 is 2.59 bits per heavy atom. The topological polar surface area (TPSA) is 81.0 Å². The van der Waals surface area contributed by atoms with E-state index in [0.717, 1.165) is 0 Å². The molecule has 0 aliphatic carbocycles. The van der Waals surface area contributed by atoms with Crippen LogP contribution in [0, 0.1) is 6.92 Å². The van der Waals surface area contributed by atoms with Gasteiger partial charge in [-0.05, 0) is 26.8 Å². The smallest absolute Gasteiger partial charge is 0.341 e. The Kier molecular flexibility index (Phi) is 5.07. The van der Waals surface area contributed by atoms with Gasteiger partial charge in [0.2, 0.25) is 0 Å². The quantitative estimate of drug-likeness (QED) is 0.859. The molecule has 2 amide bonds. The van der Waals surface area contributed by atoms with Gasteiger partial charge in [0, 0.05) is 13.1 Å². The van der Waals surface area contributed by atoms with Crippen molar-refractivity contribution in [2.45, 2.75) is 39.5 Å². The normalized spacial score (nSPS) is 21.5. The number of nitrogens with one attached hydrogen (secondary N) is 1. The van der Waals surface area contributed by atoms with Crippen LogP contribution in [0.25, 0.3) is 0 Å². The monoisotopic (exact) mass is 310 g/mol. The van der Waals surface area contributed by atoms with Crippen molar-refractivity contribution in [3.05, 3.63) is 23.2 Å². The van der Waals surface area contributed by atoms with E-state index in [1.807, 2.05) is 13.8 Å². The molecule has 1 fully saturated rings. The van der Waals surface area contributed by atoms with E-state index in [1.54, 1.807) is 17.9 Å². The van der Waals surface area contributed by atoms with Crippen LogP contribution in [0.1, 0.15) is 35.7 Å². The van der Waals surface area contributed by atoms with Gasteiger partial charge < -0.3 is 24.1 Å². The average Bonchev–Trinajstić information content (AvgIpc) is 2.84. The summed E-state index contributed by atoms with van der Waals surface area (Å²) in [5, 5.41) is 2.79. The number of carbonyl (C=O) groups is 2. The minimum absolute atomic E-state index is 0.0197. The molecule has 0 radical (unpaired) electrons. The minimum Gasteiger partial charge on any atom is -0.465 e. The van der Waals surface area contributed by atoms with Crippen molar-refractivity contribution in [3.8, 4) is 0 Å². The van der Waals surface area contributed by atoms with Crippen molar-refractivity contribution in [2.24, 2.45) is 0 Å². The molecule has 0 aromatic carbocycles. The second kappa shape index (κ2) is 6.83. The molecule has 1 N–H and O–H groups in total. The second-order valence-electron chi connectivity index (χ2n) is 5.50. The van der Waals surface area contributed by atoms with Crippen molar-refractivity contribution < 1.29 is 23.5 Å². The van der Waals surface area contributed by atoms with Gasteiger partial charge >= 0.3 is 12.0 Å². The summed E-state index contributed by atoms with van der Waals surface area (Å²) in [6.07, 6.45) is 0.0394. The first-order valence-electron chi connectivity index (χ1n) is 7.26. The predicted molar refractivity (Wildman–Crippen MR) is 78.6 cm³/mol. The average molecular weight is 310 g/mol. The molecule has 7 heteroatoms. The fourth-order valence-electron chi connectivity index (χ4n) is 2.56. The summed E-state index contributed by atoms with van der Waals surface area (Å²) < 4.78 is 15.7. The molecular formula is C15H22N2O5. The Labute approximate surface area is 129 Å². The molecule has 7 nitrogen and oxygen atoms in total. The zero-order valence-corrected chi connectivity index (χ0v) is 13.3. The van der Waals surface area contributed by atoms with Gasteiger partial charge in [-0.25, -0.2) is 9.59 Å². The highest BCUT2D eigenvalue weighted by Gasteiger charge is 2.26. The first kappa shape index (κ1) is 16.4. The Hall–Kier alpha value is -2.02. The molecule has 2 rings (SSSR count). The molecule has 122 valence electrons. The molecule has 0 bridgehead atoms. The molecule has 0 spiro atoms. The van der Waals surface area contributed by atoms with Crippen molar-refractivity contribution in [1.29, 1.82) is 0 Å². The molecule has 2 unspecified atom stereocenters. The standard InChI is InChI=1S/C15H22N2O5/c1-9-7-17(8-10(2)21-9)15(19)16-6-12-5-13(11(3)22-12)14(18)20-4/h5,9-10H,6-8H2,1-4H3,(H,16,19). The number of hydrogen-bond donors (Lipinski definition) is 1. The molecule has 1 aliphatic rings. The third-order valence-corrected chi connectivity index (χ3v) is 3.49. The van der Waals surface area contributed by atoms with Crippen LogP contribution in [0.4, 0.5) is 4.79 Å². The van der Waals surface area contributed by atoms with E-state index in [9.17, 15) is 9.59 Å². The van der Waals surface area contributed by atoms with Gasteiger partial charge in [0.05, 0.1) is 25.9 Å². The van der Waals surface area contributed by atoms with E-state index in [-0.39, 0.29) is 24.8 Å². The van der Waals surface area contributed by atoms with Gasteiger partial charge in [0.1, 0.15) is 17.1 Å². The lowest BCUT2D eigenvalue weighted by molar-refractivity contribution is -0.0545. The van der Waals surface area contributed by atoms with Crippen molar-refractivity contribution in [2.75, 3.05) is 20.2 Å². The van der Waals surface area contributed by atoms with Crippen LogP contribution < -0.4 is 5.32 Å². The number of aryl methyl sites for hydroxylation is 1.